The molecule has 0 saturated carbocycles. The number of halogens is 1. The Bertz CT molecular complexity index is 879. The number of benzene rings is 2. The number of rotatable bonds is 5. The first kappa shape index (κ1) is 17.3. The molecule has 0 aliphatic heterocycles. The molecule has 1 amide bonds. The van der Waals surface area contributed by atoms with Crippen LogP contribution in [-0.2, 0) is 4.79 Å². The summed E-state index contributed by atoms with van der Waals surface area (Å²) in [7, 11) is 0. The third-order valence-corrected chi connectivity index (χ3v) is 4.59. The lowest BCUT2D eigenvalue weighted by atomic mass is 10.2. The highest BCUT2D eigenvalue weighted by atomic mass is 35.5. The molecule has 0 bridgehead atoms. The molecule has 1 N–H and O–H groups in total. The zero-order valence-corrected chi connectivity index (χ0v) is 14.8. The molecule has 8 heteroatoms. The van der Waals surface area contributed by atoms with E-state index in [2.05, 4.69) is 10.6 Å². The number of thioether (sulfide) groups is 1. The summed E-state index contributed by atoms with van der Waals surface area (Å²) in [5.74, 6) is -0.779. The Labute approximate surface area is 153 Å². The van der Waals surface area contributed by atoms with Crippen molar-refractivity contribution in [3.05, 3.63) is 59.1 Å². The van der Waals surface area contributed by atoms with Crippen LogP contribution in [0.2, 0.25) is 5.02 Å². The normalized spacial score (nSPS) is 10.6. The Kier molecular flexibility index (Phi) is 5.25. The zero-order valence-electron chi connectivity index (χ0n) is 13.2. The molecule has 0 aliphatic carbocycles. The summed E-state index contributed by atoms with van der Waals surface area (Å²) in [6.45, 7) is 1.97. The van der Waals surface area contributed by atoms with Gasteiger partial charge in [-0.3, -0.25) is 4.79 Å². The van der Waals surface area contributed by atoms with E-state index < -0.39 is 5.95 Å². The summed E-state index contributed by atoms with van der Waals surface area (Å²) in [6.07, 6.45) is 0. The summed E-state index contributed by atoms with van der Waals surface area (Å²) in [6, 6.07) is 14.2. The Hall–Kier alpha value is -2.51. The van der Waals surface area contributed by atoms with Gasteiger partial charge in [0.15, 0.2) is 5.95 Å². The SMILES string of the molecule is Cc1ccc(-[n+]2noc([O-])c2SCC(=O)Nc2ccc(Cl)cc2)cc1. The van der Waals surface area contributed by atoms with Gasteiger partial charge in [-0.2, -0.15) is 0 Å². The number of nitrogens with one attached hydrogen (secondary N) is 1. The molecule has 128 valence electrons. The lowest BCUT2D eigenvalue weighted by molar-refractivity contribution is -0.705. The zero-order chi connectivity index (χ0) is 17.8. The third-order valence-electron chi connectivity index (χ3n) is 3.32. The average molecular weight is 376 g/mol. The lowest BCUT2D eigenvalue weighted by Crippen LogP contribution is -2.35. The van der Waals surface area contributed by atoms with Crippen LogP contribution in [0.3, 0.4) is 0 Å². The van der Waals surface area contributed by atoms with Gasteiger partial charge in [0.2, 0.25) is 11.6 Å². The maximum atomic E-state index is 12.1. The van der Waals surface area contributed by atoms with Crippen LogP contribution >= 0.6 is 23.4 Å². The minimum absolute atomic E-state index is 0.0466. The van der Waals surface area contributed by atoms with E-state index in [1.807, 2.05) is 31.2 Å². The second kappa shape index (κ2) is 7.58. The molecule has 25 heavy (non-hydrogen) atoms. The first-order valence-corrected chi connectivity index (χ1v) is 8.73. The predicted octanol–water partition coefficient (Wildman–Crippen LogP) is 2.72. The average Bonchev–Trinajstić information content (AvgIpc) is 2.96. The molecule has 2 aromatic carbocycles. The second-order valence-electron chi connectivity index (χ2n) is 5.26. The molecule has 0 fully saturated rings. The molecular weight excluding hydrogens is 362 g/mol. The lowest BCUT2D eigenvalue weighted by Gasteiger charge is -2.04. The molecule has 0 radical (unpaired) electrons. The number of anilines is 1. The van der Waals surface area contributed by atoms with E-state index in [1.165, 1.54) is 4.68 Å². The van der Waals surface area contributed by atoms with Crippen LogP contribution in [0, 0.1) is 6.92 Å². The van der Waals surface area contributed by atoms with Gasteiger partial charge < -0.3 is 14.9 Å². The van der Waals surface area contributed by atoms with Gasteiger partial charge in [0, 0.05) is 22.8 Å². The van der Waals surface area contributed by atoms with E-state index in [0.717, 1.165) is 17.3 Å². The Morgan fingerprint density at radius 2 is 1.92 bits per heavy atom. The van der Waals surface area contributed by atoms with Gasteiger partial charge in [0.05, 0.1) is 11.0 Å². The van der Waals surface area contributed by atoms with Gasteiger partial charge in [0.25, 0.3) is 5.03 Å². The quantitative estimate of drug-likeness (QED) is 0.547. The predicted molar refractivity (Wildman–Crippen MR) is 93.0 cm³/mol. The monoisotopic (exact) mass is 375 g/mol. The molecule has 6 nitrogen and oxygen atoms in total. The van der Waals surface area contributed by atoms with Gasteiger partial charge >= 0.3 is 0 Å². The number of hydrogen-bond acceptors (Lipinski definition) is 5. The third kappa shape index (κ3) is 4.32. The van der Waals surface area contributed by atoms with E-state index in [4.69, 9.17) is 16.1 Å². The number of hydrogen-bond donors (Lipinski definition) is 1. The summed E-state index contributed by atoms with van der Waals surface area (Å²) in [4.78, 5) is 12.1. The molecular formula is C17H14ClN3O3S. The Balaban J connectivity index is 1.68. The largest absolute Gasteiger partial charge is 0.538 e. The van der Waals surface area contributed by atoms with Crippen molar-refractivity contribution in [3.63, 3.8) is 0 Å². The summed E-state index contributed by atoms with van der Waals surface area (Å²) in [5, 5.41) is 19.2. The highest BCUT2D eigenvalue weighted by Crippen LogP contribution is 2.23. The molecule has 0 spiro atoms. The van der Waals surface area contributed by atoms with Crippen molar-refractivity contribution in [2.75, 3.05) is 11.1 Å². The smallest absolute Gasteiger partial charge is 0.298 e. The van der Waals surface area contributed by atoms with Gasteiger partial charge in [-0.15, -0.1) is 0 Å². The number of aryl methyl sites for hydroxylation is 1. The van der Waals surface area contributed by atoms with Crippen LogP contribution in [0.25, 0.3) is 5.69 Å². The van der Waals surface area contributed by atoms with E-state index in [-0.39, 0.29) is 16.7 Å². The van der Waals surface area contributed by atoms with Gasteiger partial charge in [0.1, 0.15) is 0 Å². The van der Waals surface area contributed by atoms with Gasteiger partial charge in [-0.05, 0) is 47.6 Å². The van der Waals surface area contributed by atoms with Crippen LogP contribution in [0.1, 0.15) is 5.56 Å². The fourth-order valence-corrected chi connectivity index (χ4v) is 2.96. The highest BCUT2D eigenvalue weighted by Gasteiger charge is 2.22. The number of nitrogens with zero attached hydrogens (tertiary/aromatic N) is 2. The fraction of sp³-hybridized carbons (Fsp3) is 0.118. The van der Waals surface area contributed by atoms with Crippen molar-refractivity contribution in [1.82, 2.24) is 5.27 Å². The van der Waals surface area contributed by atoms with Crippen LogP contribution in [0.5, 0.6) is 5.95 Å². The van der Waals surface area contributed by atoms with E-state index in [1.54, 1.807) is 24.3 Å². The number of amides is 1. The topological polar surface area (TPSA) is 82.1 Å². The summed E-state index contributed by atoms with van der Waals surface area (Å²) in [5.41, 5.74) is 2.41. The van der Waals surface area contributed by atoms with Gasteiger partial charge in [-0.1, -0.05) is 29.3 Å². The molecule has 0 saturated heterocycles. The van der Waals surface area contributed by atoms with Crippen molar-refractivity contribution >= 4 is 35.0 Å². The molecule has 3 rings (SSSR count). The molecule has 0 aliphatic rings. The van der Waals surface area contributed by atoms with Crippen LogP contribution in [-0.4, -0.2) is 16.9 Å². The van der Waals surface area contributed by atoms with E-state index >= 15 is 0 Å². The maximum Gasteiger partial charge on any atom is 0.298 e. The van der Waals surface area contributed by atoms with Crippen molar-refractivity contribution in [3.8, 4) is 11.6 Å². The number of carbonyl (C=O) groups is 1. The molecule has 3 aromatic rings. The minimum Gasteiger partial charge on any atom is -0.538 e. The minimum atomic E-state index is -0.579. The molecule has 0 unspecified atom stereocenters. The first-order chi connectivity index (χ1) is 12.0. The number of carbonyl (C=O) groups excluding carboxylic acids is 1. The van der Waals surface area contributed by atoms with Crippen molar-refractivity contribution in [1.29, 1.82) is 0 Å². The summed E-state index contributed by atoms with van der Waals surface area (Å²) >= 11 is 6.87. The highest BCUT2D eigenvalue weighted by molar-refractivity contribution is 7.99. The Morgan fingerprint density at radius 3 is 2.60 bits per heavy atom. The second-order valence-corrected chi connectivity index (χ2v) is 6.66. The van der Waals surface area contributed by atoms with Crippen molar-refractivity contribution in [2.45, 2.75) is 11.9 Å². The van der Waals surface area contributed by atoms with Crippen LogP contribution in [0.4, 0.5) is 5.69 Å². The molecule has 0 atom stereocenters. The van der Waals surface area contributed by atoms with Gasteiger partial charge in [-0.25, -0.2) is 0 Å². The maximum absolute atomic E-state index is 12.1. The molecule has 1 aromatic heterocycles. The van der Waals surface area contributed by atoms with Crippen LogP contribution in [0.15, 0.2) is 58.1 Å². The molecule has 1 heterocycles. The van der Waals surface area contributed by atoms with E-state index in [0.29, 0.717) is 16.4 Å². The van der Waals surface area contributed by atoms with E-state index in [9.17, 15) is 9.90 Å². The van der Waals surface area contributed by atoms with Crippen LogP contribution < -0.4 is 15.1 Å². The standard InChI is InChI=1S/C17H14ClN3O3S/c1-11-2-8-14(9-3-11)21-16(17(23)24-20-21)25-10-15(22)19-13-6-4-12(18)5-7-13/h2-9H,10H2,1H3,(H-,19,20,22,23). The van der Waals surface area contributed by atoms with Crippen molar-refractivity contribution in [2.24, 2.45) is 0 Å². The van der Waals surface area contributed by atoms with Crippen molar-refractivity contribution < 1.29 is 19.1 Å². The number of aromatic nitrogens is 2. The fourth-order valence-electron chi connectivity index (χ4n) is 2.08. The first-order valence-electron chi connectivity index (χ1n) is 7.37. The summed E-state index contributed by atoms with van der Waals surface area (Å²) < 4.78 is 6.13. The Morgan fingerprint density at radius 1 is 1.24 bits per heavy atom.